The van der Waals surface area contributed by atoms with Crippen molar-refractivity contribution >= 4 is 33.0 Å². The van der Waals surface area contributed by atoms with E-state index in [-0.39, 0.29) is 0 Å². The highest BCUT2D eigenvalue weighted by Crippen LogP contribution is 2.37. The van der Waals surface area contributed by atoms with Gasteiger partial charge in [0.05, 0.1) is 18.2 Å². The Balaban J connectivity index is 1.81. The lowest BCUT2D eigenvalue weighted by molar-refractivity contribution is -0.137. The Labute approximate surface area is 169 Å². The zero-order valence-electron chi connectivity index (χ0n) is 16.0. The predicted molar refractivity (Wildman–Crippen MR) is 110 cm³/mol. The average Bonchev–Trinajstić information content (AvgIpc) is 3.11. The summed E-state index contributed by atoms with van der Waals surface area (Å²) < 4.78 is 51.4. The van der Waals surface area contributed by atoms with E-state index in [0.717, 1.165) is 23.1 Å². The van der Waals surface area contributed by atoms with Gasteiger partial charge in [-0.05, 0) is 48.0 Å². The minimum absolute atomic E-state index is 0.403. The van der Waals surface area contributed by atoms with Crippen LogP contribution in [0.4, 0.5) is 13.2 Å². The number of alkyl halides is 3. The molecule has 0 saturated carbocycles. The molecular formula is C24H16F3NO2. The van der Waals surface area contributed by atoms with E-state index >= 15 is 0 Å². The van der Waals surface area contributed by atoms with E-state index in [0.29, 0.717) is 45.3 Å². The monoisotopic (exact) mass is 407 g/mol. The van der Waals surface area contributed by atoms with Crippen LogP contribution in [-0.4, -0.2) is 12.1 Å². The fourth-order valence-corrected chi connectivity index (χ4v) is 3.76. The van der Waals surface area contributed by atoms with Gasteiger partial charge in [-0.1, -0.05) is 24.3 Å². The molecule has 3 aromatic carbocycles. The summed E-state index contributed by atoms with van der Waals surface area (Å²) in [7, 11) is 1.59. The molecule has 30 heavy (non-hydrogen) atoms. The van der Waals surface area contributed by atoms with Crippen molar-refractivity contribution in [3.8, 4) is 5.75 Å². The molecule has 2 heterocycles. The molecule has 0 N–H and O–H groups in total. The summed E-state index contributed by atoms with van der Waals surface area (Å²) in [6, 6.07) is 18.6. The molecule has 0 atom stereocenters. The lowest BCUT2D eigenvalue weighted by Crippen LogP contribution is -2.05. The maximum atomic E-state index is 13.4. The summed E-state index contributed by atoms with van der Waals surface area (Å²) >= 11 is 0. The molecule has 0 fully saturated rings. The number of methoxy groups -OCH3 is 1. The van der Waals surface area contributed by atoms with E-state index in [1.54, 1.807) is 7.11 Å². The lowest BCUT2D eigenvalue weighted by Gasteiger charge is -2.12. The first-order chi connectivity index (χ1) is 14.4. The van der Waals surface area contributed by atoms with Crippen LogP contribution in [0.3, 0.4) is 0 Å². The van der Waals surface area contributed by atoms with Crippen LogP contribution >= 0.6 is 0 Å². The maximum absolute atomic E-state index is 13.4. The van der Waals surface area contributed by atoms with Crippen molar-refractivity contribution in [3.63, 3.8) is 0 Å². The molecule has 5 aromatic rings. The Morgan fingerprint density at radius 2 is 1.70 bits per heavy atom. The minimum Gasteiger partial charge on any atom is -0.497 e. The second kappa shape index (κ2) is 6.76. The molecule has 5 rings (SSSR count). The van der Waals surface area contributed by atoms with Crippen molar-refractivity contribution in [2.75, 3.05) is 7.11 Å². The van der Waals surface area contributed by atoms with Gasteiger partial charge in [-0.2, -0.15) is 13.2 Å². The number of rotatable bonds is 3. The van der Waals surface area contributed by atoms with E-state index in [4.69, 9.17) is 9.15 Å². The highest BCUT2D eigenvalue weighted by Gasteiger charge is 2.31. The molecule has 0 bridgehead atoms. The van der Waals surface area contributed by atoms with Gasteiger partial charge in [0.15, 0.2) is 5.58 Å². The highest BCUT2D eigenvalue weighted by molar-refractivity contribution is 6.08. The number of benzene rings is 3. The summed E-state index contributed by atoms with van der Waals surface area (Å²) in [6.07, 6.45) is -4.03. The topological polar surface area (TPSA) is 35.3 Å². The predicted octanol–water partition coefficient (Wildman–Crippen LogP) is 6.75. The first-order valence-corrected chi connectivity index (χ1v) is 9.38. The van der Waals surface area contributed by atoms with Crippen LogP contribution in [0.5, 0.6) is 5.75 Å². The second-order valence-electron chi connectivity index (χ2n) is 7.12. The number of ether oxygens (including phenoxy) is 1. The van der Waals surface area contributed by atoms with Gasteiger partial charge in [0.25, 0.3) is 0 Å². The van der Waals surface area contributed by atoms with E-state index in [2.05, 4.69) is 4.98 Å². The number of furan rings is 1. The summed E-state index contributed by atoms with van der Waals surface area (Å²) in [6.45, 7) is 0. The molecule has 0 unspecified atom stereocenters. The van der Waals surface area contributed by atoms with Crippen molar-refractivity contribution in [2.45, 2.75) is 12.6 Å². The number of hydrogen-bond acceptors (Lipinski definition) is 3. The average molecular weight is 407 g/mol. The van der Waals surface area contributed by atoms with Gasteiger partial charge in [-0.25, -0.2) is 4.98 Å². The number of aromatic nitrogens is 1. The van der Waals surface area contributed by atoms with Crippen molar-refractivity contribution in [1.29, 1.82) is 0 Å². The van der Waals surface area contributed by atoms with Crippen molar-refractivity contribution in [2.24, 2.45) is 0 Å². The van der Waals surface area contributed by atoms with Crippen LogP contribution in [-0.2, 0) is 12.6 Å². The Bertz CT molecular complexity index is 1390. The molecule has 0 saturated heterocycles. The van der Waals surface area contributed by atoms with Crippen LogP contribution in [0.25, 0.3) is 33.0 Å². The lowest BCUT2D eigenvalue weighted by atomic mass is 9.98. The largest absolute Gasteiger partial charge is 0.497 e. The van der Waals surface area contributed by atoms with Crippen LogP contribution in [0, 0.1) is 0 Å². The summed E-state index contributed by atoms with van der Waals surface area (Å²) in [5.41, 5.74) is 3.24. The third-order valence-corrected chi connectivity index (χ3v) is 5.26. The van der Waals surface area contributed by atoms with Crippen molar-refractivity contribution < 1.29 is 22.3 Å². The fraction of sp³-hybridized carbons (Fsp3) is 0.125. The second-order valence-corrected chi connectivity index (χ2v) is 7.12. The molecule has 0 aliphatic rings. The van der Waals surface area contributed by atoms with Gasteiger partial charge in [0, 0.05) is 22.8 Å². The maximum Gasteiger partial charge on any atom is 0.416 e. The molecule has 0 spiro atoms. The number of hydrogen-bond donors (Lipinski definition) is 0. The van der Waals surface area contributed by atoms with E-state index in [1.165, 1.54) is 6.07 Å². The molecular weight excluding hydrogens is 391 g/mol. The zero-order valence-corrected chi connectivity index (χ0v) is 16.0. The molecule has 2 aromatic heterocycles. The van der Waals surface area contributed by atoms with Crippen LogP contribution in [0.2, 0.25) is 0 Å². The fourth-order valence-electron chi connectivity index (χ4n) is 3.76. The Kier molecular flexibility index (Phi) is 4.17. The quantitative estimate of drug-likeness (QED) is 0.332. The first-order valence-electron chi connectivity index (χ1n) is 9.38. The van der Waals surface area contributed by atoms with Crippen LogP contribution < -0.4 is 4.74 Å². The van der Waals surface area contributed by atoms with Crippen LogP contribution in [0.1, 0.15) is 16.7 Å². The molecule has 150 valence electrons. The van der Waals surface area contributed by atoms with E-state index in [1.807, 2.05) is 48.5 Å². The Hall–Kier alpha value is -3.54. The number of para-hydroxylation sites is 1. The summed E-state index contributed by atoms with van der Waals surface area (Å²) in [4.78, 5) is 4.64. The highest BCUT2D eigenvalue weighted by atomic mass is 19.4. The standard InChI is InChI=1S/C24H16F3NO2/c1-29-16-9-6-14(7-10-16)12-19-18-13-15(24(25,26)27)8-11-20(18)28-22-17-4-2-3-5-21(17)30-23(19)22/h2-11,13H,12H2,1H3. The summed E-state index contributed by atoms with van der Waals surface area (Å²) in [5, 5.41) is 1.28. The van der Waals surface area contributed by atoms with Crippen molar-refractivity contribution in [1.82, 2.24) is 4.98 Å². The molecule has 0 radical (unpaired) electrons. The third kappa shape index (κ3) is 3.05. The normalized spacial score (nSPS) is 12.1. The Morgan fingerprint density at radius 1 is 0.933 bits per heavy atom. The summed E-state index contributed by atoms with van der Waals surface area (Å²) in [5.74, 6) is 0.714. The van der Waals surface area contributed by atoms with Gasteiger partial charge in [-0.3, -0.25) is 0 Å². The Morgan fingerprint density at radius 3 is 2.43 bits per heavy atom. The smallest absolute Gasteiger partial charge is 0.416 e. The van der Waals surface area contributed by atoms with Gasteiger partial charge in [0.2, 0.25) is 0 Å². The minimum atomic E-state index is -4.44. The molecule has 6 heteroatoms. The van der Waals surface area contributed by atoms with E-state index < -0.39 is 11.7 Å². The number of halogens is 3. The first kappa shape index (κ1) is 18.5. The van der Waals surface area contributed by atoms with E-state index in [9.17, 15) is 13.2 Å². The molecule has 3 nitrogen and oxygen atoms in total. The number of fused-ring (bicyclic) bond motifs is 4. The molecule has 0 aliphatic heterocycles. The van der Waals surface area contributed by atoms with Gasteiger partial charge < -0.3 is 9.15 Å². The van der Waals surface area contributed by atoms with Gasteiger partial charge in [-0.15, -0.1) is 0 Å². The zero-order chi connectivity index (χ0) is 20.9. The molecule has 0 aliphatic carbocycles. The van der Waals surface area contributed by atoms with Crippen LogP contribution in [0.15, 0.2) is 71.1 Å². The van der Waals surface area contributed by atoms with Gasteiger partial charge >= 0.3 is 6.18 Å². The number of nitrogens with zero attached hydrogens (tertiary/aromatic N) is 1. The van der Waals surface area contributed by atoms with Gasteiger partial charge in [0.1, 0.15) is 16.8 Å². The number of pyridine rings is 1. The molecule has 0 amide bonds. The SMILES string of the molecule is COc1ccc(Cc2c3cc(C(F)(F)F)ccc3nc3c2oc2ccccc23)cc1. The third-order valence-electron chi connectivity index (χ3n) is 5.26. The van der Waals surface area contributed by atoms with Crippen molar-refractivity contribution in [3.05, 3.63) is 83.4 Å².